The van der Waals surface area contributed by atoms with Crippen molar-refractivity contribution in [1.82, 2.24) is 14.8 Å². The smallest absolute Gasteiger partial charge is 0.406 e. The molecule has 0 saturated carbocycles. The Bertz CT molecular complexity index is 987. The second-order valence-electron chi connectivity index (χ2n) is 6.64. The molecule has 0 bridgehead atoms. The Morgan fingerprint density at radius 1 is 1.13 bits per heavy atom. The van der Waals surface area contributed by atoms with Gasteiger partial charge in [-0.3, -0.25) is 9.36 Å². The number of carbonyl (C=O) groups excluding carboxylic acids is 1. The summed E-state index contributed by atoms with van der Waals surface area (Å²) in [6.07, 6.45) is -3.18. The number of anilines is 1. The van der Waals surface area contributed by atoms with Gasteiger partial charge < -0.3 is 10.1 Å². The summed E-state index contributed by atoms with van der Waals surface area (Å²) in [5, 5.41) is 11.1. The molecule has 1 amide bonds. The van der Waals surface area contributed by atoms with Gasteiger partial charge in [-0.2, -0.15) is 0 Å². The maximum atomic E-state index is 12.2. The molecule has 0 unspecified atom stereocenters. The van der Waals surface area contributed by atoms with Crippen LogP contribution in [0.3, 0.4) is 0 Å². The van der Waals surface area contributed by atoms with Gasteiger partial charge in [0.15, 0.2) is 5.16 Å². The fourth-order valence-corrected chi connectivity index (χ4v) is 3.32. The normalized spacial score (nSPS) is 11.5. The van der Waals surface area contributed by atoms with Gasteiger partial charge in [0, 0.05) is 11.4 Å². The van der Waals surface area contributed by atoms with E-state index in [1.165, 1.54) is 29.5 Å². The minimum Gasteiger partial charge on any atom is -0.406 e. The Morgan fingerprint density at radius 2 is 1.80 bits per heavy atom. The number of rotatable bonds is 7. The maximum Gasteiger partial charge on any atom is 0.573 e. The number of amides is 1. The van der Waals surface area contributed by atoms with Gasteiger partial charge in [-0.05, 0) is 47.9 Å². The van der Waals surface area contributed by atoms with E-state index >= 15 is 0 Å². The van der Waals surface area contributed by atoms with Crippen molar-refractivity contribution < 1.29 is 22.7 Å². The van der Waals surface area contributed by atoms with E-state index in [0.29, 0.717) is 16.8 Å². The molecule has 2 aromatic carbocycles. The highest BCUT2D eigenvalue weighted by Gasteiger charge is 2.30. The zero-order valence-electron chi connectivity index (χ0n) is 16.2. The minimum absolute atomic E-state index is 0.0591. The molecule has 6 nitrogen and oxygen atoms in total. The highest BCUT2D eigenvalue weighted by Crippen LogP contribution is 2.25. The fourth-order valence-electron chi connectivity index (χ4n) is 2.59. The van der Waals surface area contributed by atoms with Crippen molar-refractivity contribution in [1.29, 1.82) is 0 Å². The van der Waals surface area contributed by atoms with Crippen LogP contribution in [-0.2, 0) is 4.79 Å². The summed E-state index contributed by atoms with van der Waals surface area (Å²) in [7, 11) is 0. The van der Waals surface area contributed by atoms with E-state index < -0.39 is 6.36 Å². The molecule has 3 rings (SSSR count). The Balaban J connectivity index is 1.57. The first-order chi connectivity index (χ1) is 14.2. The molecule has 0 saturated heterocycles. The van der Waals surface area contributed by atoms with Crippen LogP contribution in [0, 0.1) is 0 Å². The van der Waals surface area contributed by atoms with Crippen molar-refractivity contribution in [3.05, 3.63) is 60.4 Å². The molecule has 1 N–H and O–H groups in total. The zero-order chi connectivity index (χ0) is 21.7. The summed E-state index contributed by atoms with van der Waals surface area (Å²) in [6, 6.07) is 12.9. The monoisotopic (exact) mass is 436 g/mol. The number of carbonyl (C=O) groups is 1. The third kappa shape index (κ3) is 5.99. The number of nitrogens with zero attached hydrogens (tertiary/aromatic N) is 3. The molecule has 0 aliphatic carbocycles. The molecule has 1 heterocycles. The molecule has 0 aliphatic heterocycles. The Labute approximate surface area is 175 Å². The summed E-state index contributed by atoms with van der Waals surface area (Å²) in [6.45, 7) is 4.23. The van der Waals surface area contributed by atoms with Gasteiger partial charge in [-0.15, -0.1) is 23.4 Å². The van der Waals surface area contributed by atoms with Crippen molar-refractivity contribution in [3.8, 4) is 11.4 Å². The number of ether oxygens (including phenoxy) is 1. The molecule has 158 valence electrons. The number of thioether (sulfide) groups is 1. The van der Waals surface area contributed by atoms with Crippen molar-refractivity contribution in [3.63, 3.8) is 0 Å². The quantitative estimate of drug-likeness (QED) is 0.527. The third-order valence-corrected chi connectivity index (χ3v) is 5.00. The third-order valence-electron chi connectivity index (χ3n) is 4.06. The van der Waals surface area contributed by atoms with E-state index in [-0.39, 0.29) is 17.4 Å². The van der Waals surface area contributed by atoms with Gasteiger partial charge >= 0.3 is 6.36 Å². The summed E-state index contributed by atoms with van der Waals surface area (Å²) in [5.74, 6) is -0.198. The lowest BCUT2D eigenvalue weighted by molar-refractivity contribution is -0.274. The van der Waals surface area contributed by atoms with Crippen molar-refractivity contribution in [2.75, 3.05) is 11.1 Å². The van der Waals surface area contributed by atoms with Crippen LogP contribution in [0.2, 0.25) is 0 Å². The summed E-state index contributed by atoms with van der Waals surface area (Å²) in [4.78, 5) is 12.2. The highest BCUT2D eigenvalue weighted by molar-refractivity contribution is 7.99. The van der Waals surface area contributed by atoms with Gasteiger partial charge in [0.05, 0.1) is 5.75 Å². The molecule has 1 aromatic heterocycles. The summed E-state index contributed by atoms with van der Waals surface area (Å²) < 4.78 is 42.2. The van der Waals surface area contributed by atoms with Gasteiger partial charge in [0.1, 0.15) is 12.1 Å². The topological polar surface area (TPSA) is 69.0 Å². The highest BCUT2D eigenvalue weighted by atomic mass is 32.2. The number of hydrogen-bond donors (Lipinski definition) is 1. The second kappa shape index (κ2) is 9.21. The van der Waals surface area contributed by atoms with Crippen LogP contribution in [0.15, 0.2) is 60.0 Å². The van der Waals surface area contributed by atoms with Crippen molar-refractivity contribution >= 4 is 23.4 Å². The van der Waals surface area contributed by atoms with Crippen LogP contribution >= 0.6 is 11.8 Å². The molecule has 0 spiro atoms. The van der Waals surface area contributed by atoms with Gasteiger partial charge in [-0.25, -0.2) is 0 Å². The first-order valence-electron chi connectivity index (χ1n) is 9.00. The van der Waals surface area contributed by atoms with Crippen LogP contribution in [0.5, 0.6) is 5.75 Å². The lowest BCUT2D eigenvalue weighted by Crippen LogP contribution is -2.17. The zero-order valence-corrected chi connectivity index (χ0v) is 17.0. The average Bonchev–Trinajstić information content (AvgIpc) is 3.15. The first kappa shape index (κ1) is 21.7. The second-order valence-corrected chi connectivity index (χ2v) is 7.58. The van der Waals surface area contributed by atoms with Crippen LogP contribution in [0.4, 0.5) is 18.9 Å². The lowest BCUT2D eigenvalue weighted by atomic mass is 10.0. The molecule has 0 aliphatic rings. The standard InChI is InChI=1S/C20H19F3N4O2S/c1-13(2)14-3-7-16(8-4-14)27-12-24-26-19(27)30-11-18(28)25-15-5-9-17(10-6-15)29-20(21,22)23/h3-10,12-13H,11H2,1-2H3,(H,25,28). The van der Waals surface area contributed by atoms with E-state index in [1.54, 1.807) is 10.9 Å². The predicted molar refractivity (Wildman–Crippen MR) is 108 cm³/mol. The van der Waals surface area contributed by atoms with Crippen LogP contribution < -0.4 is 10.1 Å². The van der Waals surface area contributed by atoms with Gasteiger partial charge in [0.2, 0.25) is 5.91 Å². The molecule has 30 heavy (non-hydrogen) atoms. The van der Waals surface area contributed by atoms with E-state index in [1.807, 2.05) is 24.3 Å². The minimum atomic E-state index is -4.76. The van der Waals surface area contributed by atoms with Gasteiger partial charge in [-0.1, -0.05) is 37.7 Å². The fraction of sp³-hybridized carbons (Fsp3) is 0.250. The van der Waals surface area contributed by atoms with E-state index in [0.717, 1.165) is 17.8 Å². The first-order valence-corrected chi connectivity index (χ1v) is 9.98. The molecule has 0 radical (unpaired) electrons. The summed E-state index contributed by atoms with van der Waals surface area (Å²) >= 11 is 1.20. The molecule has 0 atom stereocenters. The Morgan fingerprint density at radius 3 is 2.40 bits per heavy atom. The van der Waals surface area contributed by atoms with Crippen LogP contribution in [0.25, 0.3) is 5.69 Å². The number of benzene rings is 2. The van der Waals surface area contributed by atoms with Crippen molar-refractivity contribution in [2.45, 2.75) is 31.3 Å². The predicted octanol–water partition coefficient (Wildman–Crippen LogP) is 5.02. The van der Waals surface area contributed by atoms with Crippen molar-refractivity contribution in [2.24, 2.45) is 0 Å². The molecular formula is C20H19F3N4O2S. The Kier molecular flexibility index (Phi) is 6.66. The number of aromatic nitrogens is 3. The summed E-state index contributed by atoms with van der Waals surface area (Å²) in [5.41, 5.74) is 2.46. The molecular weight excluding hydrogens is 417 g/mol. The average molecular weight is 436 g/mol. The molecule has 10 heteroatoms. The SMILES string of the molecule is CC(C)c1ccc(-n2cnnc2SCC(=O)Nc2ccc(OC(F)(F)F)cc2)cc1. The largest absolute Gasteiger partial charge is 0.573 e. The molecule has 0 fully saturated rings. The number of hydrogen-bond acceptors (Lipinski definition) is 5. The lowest BCUT2D eigenvalue weighted by Gasteiger charge is -2.10. The van der Waals surface area contributed by atoms with Crippen LogP contribution in [0.1, 0.15) is 25.3 Å². The van der Waals surface area contributed by atoms with E-state index in [4.69, 9.17) is 0 Å². The van der Waals surface area contributed by atoms with E-state index in [2.05, 4.69) is 34.1 Å². The van der Waals surface area contributed by atoms with Gasteiger partial charge in [0.25, 0.3) is 0 Å². The van der Waals surface area contributed by atoms with Crippen LogP contribution in [-0.4, -0.2) is 32.8 Å². The van der Waals surface area contributed by atoms with E-state index in [9.17, 15) is 18.0 Å². The Hall–Kier alpha value is -3.01. The number of halogens is 3. The number of alkyl halides is 3. The number of nitrogens with one attached hydrogen (secondary N) is 1. The maximum absolute atomic E-state index is 12.2. The molecule has 3 aromatic rings.